The van der Waals surface area contributed by atoms with E-state index in [1.807, 2.05) is 0 Å². The first-order valence-corrected chi connectivity index (χ1v) is 4.76. The zero-order valence-electron chi connectivity index (χ0n) is 9.93. The van der Waals surface area contributed by atoms with E-state index in [2.05, 4.69) is 0 Å². The number of carboxylic acid groups (broad SMARTS) is 1. The maximum atomic E-state index is 10.6. The van der Waals surface area contributed by atoms with Crippen LogP contribution in [0.5, 0.6) is 11.5 Å². The van der Waals surface area contributed by atoms with Crippen LogP contribution < -0.4 is 44.1 Å². The van der Waals surface area contributed by atoms with Gasteiger partial charge in [-0.15, -0.1) is 0 Å². The molecule has 0 amide bonds. The van der Waals surface area contributed by atoms with Crippen LogP contribution in [-0.2, 0) is 9.53 Å². The van der Waals surface area contributed by atoms with E-state index in [-0.39, 0.29) is 29.6 Å². The van der Waals surface area contributed by atoms with Gasteiger partial charge in [-0.3, -0.25) is 0 Å². The summed E-state index contributed by atoms with van der Waals surface area (Å²) in [4.78, 5) is 10.6. The van der Waals surface area contributed by atoms with Crippen molar-refractivity contribution in [1.82, 2.24) is 0 Å². The number of epoxide rings is 1. The molecular formula is C11H11NaO5. The van der Waals surface area contributed by atoms with Gasteiger partial charge in [-0.1, -0.05) is 12.1 Å². The van der Waals surface area contributed by atoms with Gasteiger partial charge in [-0.05, 0) is 6.07 Å². The molecule has 1 aromatic carbocycles. The first-order valence-electron chi connectivity index (χ1n) is 4.76. The van der Waals surface area contributed by atoms with Crippen LogP contribution in [0, 0.1) is 0 Å². The number of hydrogen-bond acceptors (Lipinski definition) is 5. The topological polar surface area (TPSA) is 71.1 Å². The van der Waals surface area contributed by atoms with Crippen molar-refractivity contribution in [2.24, 2.45) is 0 Å². The number of para-hydroxylation sites is 1. The molecule has 0 N–H and O–H groups in total. The standard InChI is InChI=1S/C11H12O5.Na/c1-14-7-5-3-4-6(8(7)15-2)9-10(16-9)11(12)13;/h3-5,9-10H,1-2H3,(H,12,13);/q;+1/p-1. The molecule has 0 saturated carbocycles. The summed E-state index contributed by atoms with van der Waals surface area (Å²) < 4.78 is 15.3. The van der Waals surface area contributed by atoms with Crippen LogP contribution in [0.3, 0.4) is 0 Å². The van der Waals surface area contributed by atoms with Crippen molar-refractivity contribution < 1.29 is 53.7 Å². The summed E-state index contributed by atoms with van der Waals surface area (Å²) in [5.41, 5.74) is 0.663. The van der Waals surface area contributed by atoms with Gasteiger partial charge in [-0.2, -0.15) is 0 Å². The number of hydrogen-bond donors (Lipinski definition) is 0. The molecule has 1 aromatic rings. The predicted octanol–water partition coefficient (Wildman–Crippen LogP) is -3.10. The molecule has 1 fully saturated rings. The number of ether oxygens (including phenoxy) is 3. The van der Waals surface area contributed by atoms with E-state index in [0.717, 1.165) is 0 Å². The smallest absolute Gasteiger partial charge is 0.547 e. The van der Waals surface area contributed by atoms with Crippen LogP contribution >= 0.6 is 0 Å². The quantitative estimate of drug-likeness (QED) is 0.415. The van der Waals surface area contributed by atoms with Crippen LogP contribution in [0.2, 0.25) is 0 Å². The van der Waals surface area contributed by atoms with Gasteiger partial charge in [0.15, 0.2) is 11.5 Å². The van der Waals surface area contributed by atoms with Crippen molar-refractivity contribution in [3.05, 3.63) is 23.8 Å². The molecule has 2 unspecified atom stereocenters. The van der Waals surface area contributed by atoms with E-state index in [4.69, 9.17) is 14.2 Å². The van der Waals surface area contributed by atoms with E-state index in [1.165, 1.54) is 14.2 Å². The van der Waals surface area contributed by atoms with Crippen molar-refractivity contribution in [1.29, 1.82) is 0 Å². The SMILES string of the molecule is COc1cccc(C2OC2C(=O)[O-])c1OC.[Na+]. The van der Waals surface area contributed by atoms with Crippen LogP contribution in [-0.4, -0.2) is 26.3 Å². The zero-order valence-corrected chi connectivity index (χ0v) is 11.9. The fourth-order valence-corrected chi connectivity index (χ4v) is 1.66. The summed E-state index contributed by atoms with van der Waals surface area (Å²) >= 11 is 0. The van der Waals surface area contributed by atoms with E-state index < -0.39 is 18.2 Å². The first-order chi connectivity index (χ1) is 7.69. The van der Waals surface area contributed by atoms with Crippen molar-refractivity contribution in [2.75, 3.05) is 14.2 Å². The summed E-state index contributed by atoms with van der Waals surface area (Å²) in [7, 11) is 3.02. The molecule has 2 atom stereocenters. The minimum absolute atomic E-state index is 0. The molecule has 0 aromatic heterocycles. The number of carboxylic acids is 1. The Balaban J connectivity index is 0.00000144. The van der Waals surface area contributed by atoms with Crippen molar-refractivity contribution in [3.8, 4) is 11.5 Å². The number of carbonyl (C=O) groups is 1. The fourth-order valence-electron chi connectivity index (χ4n) is 1.66. The average Bonchev–Trinajstić information content (AvgIpc) is 3.07. The Morgan fingerprint density at radius 1 is 1.35 bits per heavy atom. The molecule has 0 spiro atoms. The second kappa shape index (κ2) is 5.73. The van der Waals surface area contributed by atoms with Crippen molar-refractivity contribution in [2.45, 2.75) is 12.2 Å². The minimum atomic E-state index is -1.21. The Bertz CT molecular complexity index is 420. The number of methoxy groups -OCH3 is 2. The van der Waals surface area contributed by atoms with Gasteiger partial charge in [0.05, 0.1) is 20.2 Å². The monoisotopic (exact) mass is 246 g/mol. The number of benzene rings is 1. The molecule has 1 aliphatic rings. The maximum absolute atomic E-state index is 10.6. The third-order valence-electron chi connectivity index (χ3n) is 2.46. The average molecular weight is 246 g/mol. The Morgan fingerprint density at radius 3 is 2.53 bits per heavy atom. The van der Waals surface area contributed by atoms with Crippen LogP contribution in [0.25, 0.3) is 0 Å². The second-order valence-electron chi connectivity index (χ2n) is 3.38. The molecule has 0 radical (unpaired) electrons. The first kappa shape index (κ1) is 14.3. The molecule has 86 valence electrons. The fraction of sp³-hybridized carbons (Fsp3) is 0.364. The number of carbonyl (C=O) groups excluding carboxylic acids is 1. The van der Waals surface area contributed by atoms with E-state index in [9.17, 15) is 9.90 Å². The van der Waals surface area contributed by atoms with E-state index >= 15 is 0 Å². The van der Waals surface area contributed by atoms with Gasteiger partial charge in [0.2, 0.25) is 0 Å². The zero-order chi connectivity index (χ0) is 11.7. The largest absolute Gasteiger partial charge is 1.00 e. The third kappa shape index (κ3) is 2.74. The molecule has 1 heterocycles. The van der Waals surface area contributed by atoms with Crippen LogP contribution in [0.1, 0.15) is 11.7 Å². The van der Waals surface area contributed by atoms with Crippen LogP contribution in [0.4, 0.5) is 0 Å². The predicted molar refractivity (Wildman–Crippen MR) is 52.2 cm³/mol. The normalized spacial score (nSPS) is 21.3. The minimum Gasteiger partial charge on any atom is -0.547 e. The van der Waals surface area contributed by atoms with Crippen LogP contribution in [0.15, 0.2) is 18.2 Å². The van der Waals surface area contributed by atoms with Gasteiger partial charge in [0.25, 0.3) is 0 Å². The van der Waals surface area contributed by atoms with Gasteiger partial charge >= 0.3 is 29.6 Å². The molecule has 1 aliphatic heterocycles. The molecular weight excluding hydrogens is 235 g/mol. The Kier molecular flexibility index (Phi) is 4.82. The Hall–Kier alpha value is -0.750. The molecule has 0 aliphatic carbocycles. The molecule has 5 nitrogen and oxygen atoms in total. The molecule has 0 bridgehead atoms. The Morgan fingerprint density at radius 2 is 2.06 bits per heavy atom. The van der Waals surface area contributed by atoms with Gasteiger partial charge in [0.1, 0.15) is 12.2 Å². The summed E-state index contributed by atoms with van der Waals surface area (Å²) in [5.74, 6) is -0.166. The molecule has 17 heavy (non-hydrogen) atoms. The summed E-state index contributed by atoms with van der Waals surface area (Å²) in [6.45, 7) is 0. The molecule has 2 rings (SSSR count). The Labute approximate surface area is 121 Å². The van der Waals surface area contributed by atoms with Gasteiger partial charge in [0, 0.05) is 5.56 Å². The third-order valence-corrected chi connectivity index (χ3v) is 2.46. The van der Waals surface area contributed by atoms with Gasteiger partial charge in [-0.25, -0.2) is 0 Å². The van der Waals surface area contributed by atoms with Gasteiger partial charge < -0.3 is 24.1 Å². The van der Waals surface area contributed by atoms with Crippen molar-refractivity contribution in [3.63, 3.8) is 0 Å². The molecule has 1 saturated heterocycles. The summed E-state index contributed by atoms with van der Waals surface area (Å²) in [6.07, 6.45) is -1.39. The summed E-state index contributed by atoms with van der Waals surface area (Å²) in [5, 5.41) is 10.6. The van der Waals surface area contributed by atoms with E-state index in [0.29, 0.717) is 17.1 Å². The van der Waals surface area contributed by atoms with E-state index in [1.54, 1.807) is 18.2 Å². The second-order valence-corrected chi connectivity index (χ2v) is 3.38. The number of aliphatic carboxylic acids is 1. The maximum Gasteiger partial charge on any atom is 1.00 e. The number of rotatable bonds is 4. The molecule has 6 heteroatoms. The summed E-state index contributed by atoms with van der Waals surface area (Å²) in [6, 6.07) is 5.23. The van der Waals surface area contributed by atoms with Crippen molar-refractivity contribution >= 4 is 5.97 Å².